The highest BCUT2D eigenvalue weighted by molar-refractivity contribution is 6.32. The van der Waals surface area contributed by atoms with Gasteiger partial charge in [0.05, 0.1) is 36.3 Å². The van der Waals surface area contributed by atoms with Crippen molar-refractivity contribution in [2.75, 3.05) is 28.3 Å². The molecule has 2 aromatic rings. The van der Waals surface area contributed by atoms with E-state index in [0.717, 1.165) is 25.7 Å². The van der Waals surface area contributed by atoms with E-state index in [9.17, 15) is 34.2 Å². The predicted octanol–water partition coefficient (Wildman–Crippen LogP) is 1.83. The molecule has 11 heteroatoms. The smallest absolute Gasteiger partial charge is 0.235 e. The quantitative estimate of drug-likeness (QED) is 0.320. The van der Waals surface area contributed by atoms with Crippen LogP contribution in [0.1, 0.15) is 64.7 Å². The molecule has 6 atom stereocenters. The minimum absolute atomic E-state index is 0.0441. The minimum Gasteiger partial charge on any atom is -0.506 e. The van der Waals surface area contributed by atoms with Gasteiger partial charge in [0.2, 0.25) is 5.91 Å². The van der Waals surface area contributed by atoms with E-state index in [1.54, 1.807) is 58.6 Å². The van der Waals surface area contributed by atoms with Crippen LogP contribution < -0.4 is 10.5 Å². The number of primary amides is 1. The van der Waals surface area contributed by atoms with Gasteiger partial charge >= 0.3 is 0 Å². The molecule has 6 rings (SSSR count). The van der Waals surface area contributed by atoms with Gasteiger partial charge in [0.1, 0.15) is 11.5 Å². The van der Waals surface area contributed by atoms with Crippen molar-refractivity contribution >= 4 is 29.0 Å². The Kier molecular flexibility index (Phi) is 9.45. The summed E-state index contributed by atoms with van der Waals surface area (Å²) in [4.78, 5) is 69.5. The lowest BCUT2D eigenvalue weighted by Gasteiger charge is -2.52. The maximum atomic E-state index is 14.4. The van der Waals surface area contributed by atoms with Crippen LogP contribution in [0.15, 0.2) is 30.3 Å². The van der Waals surface area contributed by atoms with Crippen molar-refractivity contribution < 1.29 is 43.7 Å². The number of amides is 1. The lowest BCUT2D eigenvalue weighted by Crippen LogP contribution is -2.74. The Morgan fingerprint density at radius 2 is 1.64 bits per heavy atom. The maximum Gasteiger partial charge on any atom is 0.235 e. The summed E-state index contributed by atoms with van der Waals surface area (Å²) >= 11 is 0. The van der Waals surface area contributed by atoms with E-state index in [-0.39, 0.29) is 36.0 Å². The molecule has 50 heavy (non-hydrogen) atoms. The van der Waals surface area contributed by atoms with Crippen LogP contribution in [0.3, 0.4) is 0 Å². The van der Waals surface area contributed by atoms with Crippen LogP contribution >= 0.6 is 0 Å². The highest BCUT2D eigenvalue weighted by Crippen LogP contribution is 2.51. The predicted molar refractivity (Wildman–Crippen MR) is 180 cm³/mol. The number of carbonyl (C=O) groups is 5. The molecule has 0 bridgehead atoms. The van der Waals surface area contributed by atoms with E-state index >= 15 is 0 Å². The number of aliphatic hydroxyl groups is 1. The van der Waals surface area contributed by atoms with Gasteiger partial charge in [-0.05, 0) is 94.4 Å². The number of ketones is 4. The number of aromatic hydroxyl groups is 1. The van der Waals surface area contributed by atoms with Crippen LogP contribution in [-0.2, 0) is 30.3 Å². The molecule has 11 nitrogen and oxygen atoms in total. The standard InChI is InChI=1S/C39H40N2O9/c1-41(2)32-28-19-24-18-27-22(11-5-20-7-13-25(49-3)14-8-20)17-23(12-6-21-9-15-26(50-4)16-10-21)33(42)30(27)34(43)29(24)36(45)39(28,48)37(46)31(35(32)44)38(40)47/h9-10,15-17,20,24-25,28-29,31-32,42,48H,7-8,13-14,18-19H2,1-4H3,(H2,40,47)/t20?,24-,25?,28-,29?,31?,32-,39-/m0/s1. The summed E-state index contributed by atoms with van der Waals surface area (Å²) < 4.78 is 10.7. The molecular weight excluding hydrogens is 640 g/mol. The fourth-order valence-corrected chi connectivity index (χ4v) is 8.32. The number of nitrogens with two attached hydrogens (primary N) is 1. The highest BCUT2D eigenvalue weighted by Gasteiger charge is 2.69. The van der Waals surface area contributed by atoms with Gasteiger partial charge in [-0.15, -0.1) is 0 Å². The molecule has 0 aromatic heterocycles. The fraction of sp³-hybridized carbons (Fsp3) is 0.462. The highest BCUT2D eigenvalue weighted by atomic mass is 16.5. The molecule has 1 amide bonds. The average Bonchev–Trinajstić information content (AvgIpc) is 3.09. The second-order valence-electron chi connectivity index (χ2n) is 13.9. The number of benzene rings is 2. The molecular formula is C39H40N2O9. The first-order chi connectivity index (χ1) is 23.8. The summed E-state index contributed by atoms with van der Waals surface area (Å²) in [5, 5.41) is 23.5. The monoisotopic (exact) mass is 680 g/mol. The van der Waals surface area contributed by atoms with Crippen LogP contribution in [0.4, 0.5) is 0 Å². The number of Topliss-reactive ketones (excluding diaryl/α,β-unsaturated/α-hetero) is 4. The van der Waals surface area contributed by atoms with Crippen LogP contribution in [0.2, 0.25) is 0 Å². The zero-order valence-electron chi connectivity index (χ0n) is 28.4. The first-order valence-electron chi connectivity index (χ1n) is 16.8. The molecule has 3 saturated carbocycles. The second kappa shape index (κ2) is 13.5. The normalized spacial score (nSPS) is 30.2. The Labute approximate surface area is 290 Å². The molecule has 2 unspecified atom stereocenters. The molecule has 0 spiro atoms. The summed E-state index contributed by atoms with van der Waals surface area (Å²) in [7, 11) is 6.35. The zero-order valence-corrected chi connectivity index (χ0v) is 28.4. The first-order valence-corrected chi connectivity index (χ1v) is 16.8. The SMILES string of the molecule is COc1ccc(C#Cc2cc(C#CC3CCC(OC)CC3)c3c(c2O)C(=O)C2C(=O)[C@]4(O)C(=O)C(C(N)=O)C(=O)[C@@H](N(C)C)[C@@H]4C[C@@H]2C3)cc1. The molecule has 2 aromatic carbocycles. The average molecular weight is 681 g/mol. The maximum absolute atomic E-state index is 14.4. The number of hydrogen-bond donors (Lipinski definition) is 3. The molecule has 260 valence electrons. The largest absolute Gasteiger partial charge is 0.506 e. The Morgan fingerprint density at radius 3 is 2.24 bits per heavy atom. The lowest BCUT2D eigenvalue weighted by atomic mass is 9.52. The van der Waals surface area contributed by atoms with Crippen molar-refractivity contribution in [2.45, 2.75) is 56.3 Å². The van der Waals surface area contributed by atoms with Crippen molar-refractivity contribution in [3.8, 4) is 35.2 Å². The second-order valence-corrected chi connectivity index (χ2v) is 13.9. The van der Waals surface area contributed by atoms with E-state index in [1.165, 1.54) is 4.90 Å². The third-order valence-electron chi connectivity index (χ3n) is 10.9. The molecule has 4 aliphatic carbocycles. The molecule has 4 aliphatic rings. The number of phenols is 1. The number of rotatable bonds is 4. The number of nitrogens with zero attached hydrogens (tertiary/aromatic N) is 1. The van der Waals surface area contributed by atoms with Crippen molar-refractivity contribution in [1.82, 2.24) is 4.90 Å². The summed E-state index contributed by atoms with van der Waals surface area (Å²) in [5.74, 6) is 2.16. The Morgan fingerprint density at radius 1 is 0.960 bits per heavy atom. The van der Waals surface area contributed by atoms with Gasteiger partial charge in [-0.25, -0.2) is 0 Å². The Balaban J connectivity index is 1.46. The van der Waals surface area contributed by atoms with Crippen LogP contribution in [-0.4, -0.2) is 90.2 Å². The molecule has 4 N–H and O–H groups in total. The van der Waals surface area contributed by atoms with Crippen molar-refractivity contribution in [1.29, 1.82) is 0 Å². The molecule has 0 heterocycles. The fourth-order valence-electron chi connectivity index (χ4n) is 8.32. The number of likely N-dealkylation sites (N-methyl/N-ethyl adjacent to an activating group) is 1. The van der Waals surface area contributed by atoms with Crippen molar-refractivity contribution in [2.24, 2.45) is 35.3 Å². The number of methoxy groups -OCH3 is 2. The van der Waals surface area contributed by atoms with Gasteiger partial charge < -0.3 is 25.4 Å². The number of hydrogen-bond acceptors (Lipinski definition) is 10. The number of ether oxygens (including phenoxy) is 2. The van der Waals surface area contributed by atoms with Gasteiger partial charge in [-0.3, -0.25) is 28.9 Å². The first kappa shape index (κ1) is 35.0. The Bertz CT molecular complexity index is 1900. The molecule has 0 aliphatic heterocycles. The number of phenolic OH excluding ortho intramolecular Hbond substituents is 1. The van der Waals surface area contributed by atoms with E-state index in [1.807, 2.05) is 0 Å². The molecule has 0 radical (unpaired) electrons. The minimum atomic E-state index is -2.80. The molecule has 3 fully saturated rings. The number of carbonyl (C=O) groups excluding carboxylic acids is 5. The van der Waals surface area contributed by atoms with E-state index in [0.29, 0.717) is 22.4 Å². The summed E-state index contributed by atoms with van der Waals surface area (Å²) in [6.45, 7) is 0. The summed E-state index contributed by atoms with van der Waals surface area (Å²) in [5.41, 5.74) is 4.18. The van der Waals surface area contributed by atoms with Gasteiger partial charge in [0.25, 0.3) is 0 Å². The van der Waals surface area contributed by atoms with Crippen LogP contribution in [0, 0.1) is 53.3 Å². The summed E-state index contributed by atoms with van der Waals surface area (Å²) in [6.07, 6.45) is 3.69. The van der Waals surface area contributed by atoms with Crippen molar-refractivity contribution in [3.05, 3.63) is 58.1 Å². The third kappa shape index (κ3) is 5.79. The van der Waals surface area contributed by atoms with Crippen LogP contribution in [0.25, 0.3) is 0 Å². The molecule has 0 saturated heterocycles. The van der Waals surface area contributed by atoms with Gasteiger partial charge in [-0.1, -0.05) is 23.7 Å². The lowest BCUT2D eigenvalue weighted by molar-refractivity contribution is -0.181. The van der Waals surface area contributed by atoms with Gasteiger partial charge in [0, 0.05) is 30.1 Å². The summed E-state index contributed by atoms with van der Waals surface area (Å²) in [6, 6.07) is 7.46. The van der Waals surface area contributed by atoms with Crippen molar-refractivity contribution in [3.63, 3.8) is 0 Å². The Hall–Kier alpha value is -4.81. The van der Waals surface area contributed by atoms with Gasteiger partial charge in [0.15, 0.2) is 34.7 Å². The zero-order chi connectivity index (χ0) is 36.1. The number of fused-ring (bicyclic) bond motifs is 3. The van der Waals surface area contributed by atoms with E-state index in [2.05, 4.69) is 23.7 Å². The van der Waals surface area contributed by atoms with E-state index in [4.69, 9.17) is 15.2 Å². The van der Waals surface area contributed by atoms with Crippen LogP contribution in [0.5, 0.6) is 11.5 Å². The van der Waals surface area contributed by atoms with E-state index < -0.39 is 70.1 Å². The third-order valence-corrected chi connectivity index (χ3v) is 10.9. The topological polar surface area (TPSA) is 174 Å². The van der Waals surface area contributed by atoms with Gasteiger partial charge in [-0.2, -0.15) is 0 Å².